The van der Waals surface area contributed by atoms with Crippen LogP contribution in [0.5, 0.6) is 0 Å². The van der Waals surface area contributed by atoms with Crippen molar-refractivity contribution in [2.75, 3.05) is 0 Å². The molecule has 2 aliphatic rings. The summed E-state index contributed by atoms with van der Waals surface area (Å²) in [6.07, 6.45) is 5.31. The Morgan fingerprint density at radius 3 is 2.61 bits per heavy atom. The van der Waals surface area contributed by atoms with E-state index in [4.69, 9.17) is 0 Å². The minimum absolute atomic E-state index is 0.349. The van der Waals surface area contributed by atoms with Crippen LogP contribution in [0.4, 0.5) is 0 Å². The number of hydrogen-bond donors (Lipinski definition) is 1. The summed E-state index contributed by atoms with van der Waals surface area (Å²) >= 11 is 0. The molecule has 0 spiro atoms. The SMILES string of the molecule is CC1CC(NC2CCC(C)(C)c3ccccc32)C1. The van der Waals surface area contributed by atoms with Crippen LogP contribution in [0.1, 0.15) is 63.6 Å². The third-order valence-corrected chi connectivity index (χ3v) is 4.93. The molecule has 0 bridgehead atoms. The van der Waals surface area contributed by atoms with E-state index in [0.29, 0.717) is 11.5 Å². The summed E-state index contributed by atoms with van der Waals surface area (Å²) < 4.78 is 0. The van der Waals surface area contributed by atoms with Gasteiger partial charge in [0.25, 0.3) is 0 Å². The number of hydrogen-bond acceptors (Lipinski definition) is 1. The minimum Gasteiger partial charge on any atom is -0.307 e. The van der Waals surface area contributed by atoms with Gasteiger partial charge in [-0.05, 0) is 48.1 Å². The van der Waals surface area contributed by atoms with Gasteiger partial charge < -0.3 is 5.32 Å². The number of nitrogens with one attached hydrogen (secondary N) is 1. The van der Waals surface area contributed by atoms with Crippen LogP contribution in [-0.2, 0) is 5.41 Å². The molecule has 1 unspecified atom stereocenters. The maximum Gasteiger partial charge on any atom is 0.0325 e. The Labute approximate surface area is 111 Å². The Kier molecular flexibility index (Phi) is 2.97. The van der Waals surface area contributed by atoms with Gasteiger partial charge in [-0.1, -0.05) is 45.0 Å². The van der Waals surface area contributed by atoms with E-state index in [0.717, 1.165) is 12.0 Å². The average Bonchev–Trinajstić information content (AvgIpc) is 2.31. The van der Waals surface area contributed by atoms with Crippen LogP contribution in [0.2, 0.25) is 0 Å². The zero-order valence-corrected chi connectivity index (χ0v) is 11.9. The van der Waals surface area contributed by atoms with Crippen molar-refractivity contribution in [1.29, 1.82) is 0 Å². The quantitative estimate of drug-likeness (QED) is 0.821. The molecule has 1 N–H and O–H groups in total. The van der Waals surface area contributed by atoms with Gasteiger partial charge in [-0.15, -0.1) is 0 Å². The predicted octanol–water partition coefficient (Wildman–Crippen LogP) is 4.19. The molecular weight excluding hydrogens is 218 g/mol. The van der Waals surface area contributed by atoms with E-state index in [9.17, 15) is 0 Å². The fourth-order valence-electron chi connectivity index (χ4n) is 3.71. The molecule has 1 aromatic rings. The Morgan fingerprint density at radius 1 is 1.17 bits per heavy atom. The molecule has 0 radical (unpaired) electrons. The smallest absolute Gasteiger partial charge is 0.0325 e. The molecule has 1 heteroatoms. The van der Waals surface area contributed by atoms with Crippen molar-refractivity contribution in [3.05, 3.63) is 35.4 Å². The lowest BCUT2D eigenvalue weighted by molar-refractivity contribution is 0.208. The van der Waals surface area contributed by atoms with Crippen LogP contribution in [0.25, 0.3) is 0 Å². The molecule has 3 rings (SSSR count). The first-order valence-electron chi connectivity index (χ1n) is 7.42. The number of benzene rings is 1. The molecule has 0 heterocycles. The molecule has 1 aromatic carbocycles. The van der Waals surface area contributed by atoms with Gasteiger partial charge >= 0.3 is 0 Å². The van der Waals surface area contributed by atoms with Crippen LogP contribution in [-0.4, -0.2) is 6.04 Å². The van der Waals surface area contributed by atoms with E-state index in [-0.39, 0.29) is 0 Å². The van der Waals surface area contributed by atoms with Crippen LogP contribution < -0.4 is 5.32 Å². The predicted molar refractivity (Wildman–Crippen MR) is 76.8 cm³/mol. The summed E-state index contributed by atoms with van der Waals surface area (Å²) in [4.78, 5) is 0. The highest BCUT2D eigenvalue weighted by atomic mass is 15.0. The van der Waals surface area contributed by atoms with Crippen molar-refractivity contribution in [3.63, 3.8) is 0 Å². The Balaban J connectivity index is 1.81. The van der Waals surface area contributed by atoms with Gasteiger partial charge in [0.2, 0.25) is 0 Å². The number of rotatable bonds is 2. The van der Waals surface area contributed by atoms with Crippen molar-refractivity contribution in [2.45, 2.75) is 64.0 Å². The molecule has 18 heavy (non-hydrogen) atoms. The highest BCUT2D eigenvalue weighted by Crippen LogP contribution is 2.42. The Hall–Kier alpha value is -0.820. The summed E-state index contributed by atoms with van der Waals surface area (Å²) in [6, 6.07) is 10.4. The molecule has 0 amide bonds. The van der Waals surface area contributed by atoms with Crippen molar-refractivity contribution >= 4 is 0 Å². The van der Waals surface area contributed by atoms with Crippen LogP contribution in [0.15, 0.2) is 24.3 Å². The average molecular weight is 243 g/mol. The van der Waals surface area contributed by atoms with Gasteiger partial charge in [-0.3, -0.25) is 0 Å². The molecule has 98 valence electrons. The standard InChI is InChI=1S/C17H25N/c1-12-10-13(11-12)18-16-8-9-17(2,3)15-7-5-4-6-14(15)16/h4-7,12-13,16,18H,8-11H2,1-3H3. The molecule has 0 aromatic heterocycles. The summed E-state index contributed by atoms with van der Waals surface area (Å²) in [5, 5.41) is 3.88. The zero-order chi connectivity index (χ0) is 12.8. The monoisotopic (exact) mass is 243 g/mol. The lowest BCUT2D eigenvalue weighted by atomic mass is 9.70. The van der Waals surface area contributed by atoms with E-state index in [2.05, 4.69) is 50.4 Å². The van der Waals surface area contributed by atoms with E-state index >= 15 is 0 Å². The molecule has 2 aliphatic carbocycles. The molecule has 1 fully saturated rings. The fraction of sp³-hybridized carbons (Fsp3) is 0.647. The lowest BCUT2D eigenvalue weighted by Crippen LogP contribution is -2.44. The van der Waals surface area contributed by atoms with Gasteiger partial charge in [0.05, 0.1) is 0 Å². The highest BCUT2D eigenvalue weighted by molar-refractivity contribution is 5.38. The fourth-order valence-corrected chi connectivity index (χ4v) is 3.71. The first-order valence-corrected chi connectivity index (χ1v) is 7.42. The van der Waals surface area contributed by atoms with Gasteiger partial charge in [0.15, 0.2) is 0 Å². The molecular formula is C17H25N. The van der Waals surface area contributed by atoms with E-state index in [1.54, 1.807) is 11.1 Å². The Bertz CT molecular complexity index is 429. The van der Waals surface area contributed by atoms with Crippen molar-refractivity contribution in [1.82, 2.24) is 5.32 Å². The van der Waals surface area contributed by atoms with Crippen molar-refractivity contribution < 1.29 is 0 Å². The normalized spacial score (nSPS) is 33.6. The second kappa shape index (κ2) is 4.38. The maximum absolute atomic E-state index is 3.88. The third-order valence-electron chi connectivity index (χ3n) is 4.93. The first-order chi connectivity index (χ1) is 8.56. The summed E-state index contributed by atoms with van der Waals surface area (Å²) in [6.45, 7) is 7.12. The van der Waals surface area contributed by atoms with Crippen LogP contribution in [0, 0.1) is 5.92 Å². The van der Waals surface area contributed by atoms with Crippen LogP contribution >= 0.6 is 0 Å². The summed E-state index contributed by atoms with van der Waals surface area (Å²) in [5.74, 6) is 0.928. The second-order valence-corrected chi connectivity index (χ2v) is 7.00. The minimum atomic E-state index is 0.349. The molecule has 1 nitrogen and oxygen atoms in total. The van der Waals surface area contributed by atoms with E-state index in [1.807, 2.05) is 0 Å². The second-order valence-electron chi connectivity index (χ2n) is 7.00. The number of fused-ring (bicyclic) bond motifs is 1. The molecule has 0 saturated heterocycles. The molecule has 0 aliphatic heterocycles. The first kappa shape index (κ1) is 12.2. The topological polar surface area (TPSA) is 12.0 Å². The Morgan fingerprint density at radius 2 is 1.89 bits per heavy atom. The molecule has 1 saturated carbocycles. The lowest BCUT2D eigenvalue weighted by Gasteiger charge is -2.42. The largest absolute Gasteiger partial charge is 0.307 e. The van der Waals surface area contributed by atoms with Crippen molar-refractivity contribution in [3.8, 4) is 0 Å². The summed E-state index contributed by atoms with van der Waals surface area (Å²) in [5.41, 5.74) is 3.45. The van der Waals surface area contributed by atoms with E-state index < -0.39 is 0 Å². The van der Waals surface area contributed by atoms with Gasteiger partial charge in [-0.2, -0.15) is 0 Å². The zero-order valence-electron chi connectivity index (χ0n) is 11.9. The van der Waals surface area contributed by atoms with Crippen LogP contribution in [0.3, 0.4) is 0 Å². The van der Waals surface area contributed by atoms with Crippen molar-refractivity contribution in [2.24, 2.45) is 5.92 Å². The van der Waals surface area contributed by atoms with Gasteiger partial charge in [0.1, 0.15) is 0 Å². The summed E-state index contributed by atoms with van der Waals surface area (Å²) in [7, 11) is 0. The van der Waals surface area contributed by atoms with E-state index in [1.165, 1.54) is 25.7 Å². The third kappa shape index (κ3) is 2.09. The highest BCUT2D eigenvalue weighted by Gasteiger charge is 2.34. The molecule has 1 atom stereocenters. The van der Waals surface area contributed by atoms with Gasteiger partial charge in [0, 0.05) is 12.1 Å². The maximum atomic E-state index is 3.88. The van der Waals surface area contributed by atoms with Gasteiger partial charge in [-0.25, -0.2) is 0 Å².